The van der Waals surface area contributed by atoms with Crippen molar-refractivity contribution in [3.8, 4) is 0 Å². The van der Waals surface area contributed by atoms with Crippen LogP contribution in [0, 0.1) is 0 Å². The van der Waals surface area contributed by atoms with Gasteiger partial charge in [0.2, 0.25) is 0 Å². The molecule has 0 bridgehead atoms. The van der Waals surface area contributed by atoms with Crippen LogP contribution >= 0.6 is 26.5 Å². The molecule has 2 rings (SSSR count). The summed E-state index contributed by atoms with van der Waals surface area (Å²) in [6, 6.07) is 8.52. The van der Waals surface area contributed by atoms with Crippen molar-refractivity contribution in [3.63, 3.8) is 0 Å². The molecule has 3 heteroatoms. The third-order valence-electron chi connectivity index (χ3n) is 1.40. The molecule has 1 aromatic rings. The maximum Gasteiger partial charge on any atom is 0.00974 e. The Morgan fingerprint density at radius 1 is 1.22 bits per heavy atom. The summed E-state index contributed by atoms with van der Waals surface area (Å²) in [7, 11) is 0.640. The van der Waals surface area contributed by atoms with Crippen LogP contribution in [0.3, 0.4) is 0 Å². The standard InChI is InChI=1S/C6H5ClP2/c7-8-9-5-3-1-2-4-6(5)9/h1-4,8H. The lowest BCUT2D eigenvalue weighted by Gasteiger charge is -1.78. The van der Waals surface area contributed by atoms with Gasteiger partial charge in [-0.3, -0.25) is 0 Å². The number of benzene rings is 1. The minimum Gasteiger partial charge on any atom is -0.0943 e. The molecule has 0 radical (unpaired) electrons. The van der Waals surface area contributed by atoms with Crippen LogP contribution in [0.4, 0.5) is 0 Å². The summed E-state index contributed by atoms with van der Waals surface area (Å²) < 4.78 is 0. The second-order valence-electron chi connectivity index (χ2n) is 1.91. The SMILES string of the molecule is ClPP1c2ccccc21. The third-order valence-corrected chi connectivity index (χ3v) is 6.56. The molecule has 0 amide bonds. The van der Waals surface area contributed by atoms with Crippen LogP contribution in [-0.2, 0) is 0 Å². The molecule has 1 aromatic carbocycles. The highest BCUT2D eigenvalue weighted by molar-refractivity contribution is 8.41. The first-order valence-corrected chi connectivity index (χ1v) is 6.88. The average Bonchev–Trinajstić information content (AvgIpc) is 2.60. The monoisotopic (exact) mass is 174 g/mol. The van der Waals surface area contributed by atoms with Gasteiger partial charge in [0.1, 0.15) is 0 Å². The number of hydrogen-bond donors (Lipinski definition) is 0. The summed E-state index contributed by atoms with van der Waals surface area (Å²) in [6.07, 6.45) is 0. The van der Waals surface area contributed by atoms with Crippen molar-refractivity contribution in [1.82, 2.24) is 0 Å². The Morgan fingerprint density at radius 3 is 2.22 bits per heavy atom. The van der Waals surface area contributed by atoms with Gasteiger partial charge in [-0.2, -0.15) is 0 Å². The predicted octanol–water partition coefficient (Wildman–Crippen LogP) is 2.18. The average molecular weight is 175 g/mol. The van der Waals surface area contributed by atoms with Gasteiger partial charge in [-0.25, -0.2) is 0 Å². The maximum atomic E-state index is 5.72. The maximum absolute atomic E-state index is 5.72. The summed E-state index contributed by atoms with van der Waals surface area (Å²) in [6.45, 7) is 0. The molecule has 0 fully saturated rings. The highest BCUT2D eigenvalue weighted by Crippen LogP contribution is 2.64. The minimum absolute atomic E-state index is 0.0401. The second-order valence-corrected chi connectivity index (χ2v) is 7.08. The minimum atomic E-state index is 0.0401. The Bertz CT molecular complexity index is 213. The highest BCUT2D eigenvalue weighted by Gasteiger charge is 2.30. The van der Waals surface area contributed by atoms with E-state index in [-0.39, 0.29) is 7.61 Å². The second kappa shape index (κ2) is 2.20. The Labute approximate surface area is 61.8 Å². The molecule has 0 N–H and O–H groups in total. The van der Waals surface area contributed by atoms with Gasteiger partial charge < -0.3 is 0 Å². The molecule has 1 unspecified atom stereocenters. The van der Waals surface area contributed by atoms with E-state index in [1.165, 1.54) is 10.6 Å². The molecule has 0 nitrogen and oxygen atoms in total. The van der Waals surface area contributed by atoms with Gasteiger partial charge in [0, 0.05) is 7.62 Å². The van der Waals surface area contributed by atoms with Crippen LogP contribution in [0.15, 0.2) is 24.3 Å². The van der Waals surface area contributed by atoms with Crippen LogP contribution in [0.5, 0.6) is 0 Å². The normalized spacial score (nSPS) is 16.6. The van der Waals surface area contributed by atoms with Crippen LogP contribution in [-0.4, -0.2) is 0 Å². The number of hydrogen-bond acceptors (Lipinski definition) is 0. The van der Waals surface area contributed by atoms with E-state index >= 15 is 0 Å². The van der Waals surface area contributed by atoms with Gasteiger partial charge in [-0.15, -0.1) is 0 Å². The molecule has 0 aliphatic carbocycles. The number of fused-ring (bicyclic) bond motifs is 1. The van der Waals surface area contributed by atoms with Crippen molar-refractivity contribution in [3.05, 3.63) is 24.3 Å². The number of halogens is 1. The zero-order valence-corrected chi connectivity index (χ0v) is 7.28. The lowest BCUT2D eigenvalue weighted by atomic mass is 10.4. The third kappa shape index (κ3) is 0.905. The fourth-order valence-electron chi connectivity index (χ4n) is 0.896. The molecule has 1 aliphatic rings. The van der Waals surface area contributed by atoms with E-state index in [9.17, 15) is 0 Å². The summed E-state index contributed by atoms with van der Waals surface area (Å²) in [5, 5.41) is 3.03. The molecule has 1 aliphatic heterocycles. The van der Waals surface area contributed by atoms with Crippen molar-refractivity contribution >= 4 is 37.1 Å². The van der Waals surface area contributed by atoms with E-state index in [0.29, 0.717) is 7.62 Å². The quantitative estimate of drug-likeness (QED) is 0.573. The molecular formula is C6H5ClP2. The van der Waals surface area contributed by atoms with Crippen molar-refractivity contribution in [2.45, 2.75) is 0 Å². The molecule has 9 heavy (non-hydrogen) atoms. The molecule has 1 heterocycles. The fourth-order valence-corrected chi connectivity index (χ4v) is 5.70. The van der Waals surface area contributed by atoms with E-state index in [1.807, 2.05) is 0 Å². The Hall–Kier alpha value is 0.370. The van der Waals surface area contributed by atoms with E-state index in [4.69, 9.17) is 11.2 Å². The zero-order valence-electron chi connectivity index (χ0n) is 4.63. The molecule has 0 spiro atoms. The van der Waals surface area contributed by atoms with E-state index < -0.39 is 0 Å². The lowest BCUT2D eigenvalue weighted by Crippen LogP contribution is -1.83. The van der Waals surface area contributed by atoms with Gasteiger partial charge in [0.15, 0.2) is 0 Å². The van der Waals surface area contributed by atoms with E-state index in [2.05, 4.69) is 24.3 Å². The summed E-state index contributed by atoms with van der Waals surface area (Å²) in [5.74, 6) is 0. The van der Waals surface area contributed by atoms with Gasteiger partial charge in [-0.1, -0.05) is 35.5 Å². The first-order valence-electron chi connectivity index (χ1n) is 2.69. The summed E-state index contributed by atoms with van der Waals surface area (Å²) in [5.41, 5.74) is 0. The zero-order chi connectivity index (χ0) is 6.27. The summed E-state index contributed by atoms with van der Waals surface area (Å²) in [4.78, 5) is 0. The van der Waals surface area contributed by atoms with E-state index in [0.717, 1.165) is 0 Å². The van der Waals surface area contributed by atoms with Crippen LogP contribution in [0.2, 0.25) is 0 Å². The smallest absolute Gasteiger partial charge is 0.00974 e. The number of rotatable bonds is 1. The first-order chi connectivity index (χ1) is 4.43. The Balaban J connectivity index is 2.35. The molecular weight excluding hydrogens is 169 g/mol. The highest BCUT2D eigenvalue weighted by atomic mass is 35.7. The summed E-state index contributed by atoms with van der Waals surface area (Å²) >= 11 is 5.72. The van der Waals surface area contributed by atoms with Crippen LogP contribution in [0.1, 0.15) is 0 Å². The lowest BCUT2D eigenvalue weighted by molar-refractivity contribution is 1.87. The van der Waals surface area contributed by atoms with Crippen LogP contribution < -0.4 is 10.6 Å². The molecule has 0 saturated heterocycles. The van der Waals surface area contributed by atoms with Crippen molar-refractivity contribution in [2.24, 2.45) is 0 Å². The molecule has 0 aromatic heterocycles. The van der Waals surface area contributed by atoms with E-state index in [1.54, 1.807) is 0 Å². The van der Waals surface area contributed by atoms with Crippen molar-refractivity contribution in [1.29, 1.82) is 0 Å². The van der Waals surface area contributed by atoms with Crippen molar-refractivity contribution < 1.29 is 0 Å². The largest absolute Gasteiger partial charge is 0.0943 e. The van der Waals surface area contributed by atoms with Gasteiger partial charge in [0.05, 0.1) is 0 Å². The molecule has 0 saturated carbocycles. The predicted molar refractivity (Wildman–Crippen MR) is 46.8 cm³/mol. The Kier molecular flexibility index (Phi) is 1.49. The fraction of sp³-hybridized carbons (Fsp3) is 0. The first kappa shape index (κ1) is 6.10. The van der Waals surface area contributed by atoms with Crippen molar-refractivity contribution in [2.75, 3.05) is 0 Å². The van der Waals surface area contributed by atoms with Gasteiger partial charge in [-0.05, 0) is 18.2 Å². The topological polar surface area (TPSA) is 0 Å². The molecule has 46 valence electrons. The van der Waals surface area contributed by atoms with Crippen LogP contribution in [0.25, 0.3) is 0 Å². The van der Waals surface area contributed by atoms with Gasteiger partial charge in [0.25, 0.3) is 0 Å². The van der Waals surface area contributed by atoms with Gasteiger partial charge >= 0.3 is 0 Å². The molecule has 1 atom stereocenters. The Morgan fingerprint density at radius 2 is 1.78 bits per heavy atom.